The summed E-state index contributed by atoms with van der Waals surface area (Å²) < 4.78 is 12.4. The minimum atomic E-state index is -1.38. The first kappa shape index (κ1) is 15.7. The molecule has 0 aliphatic carbocycles. The van der Waals surface area contributed by atoms with Gasteiger partial charge >= 0.3 is 0 Å². The molecule has 1 aliphatic heterocycles. The molecule has 1 N–H and O–H groups in total. The van der Waals surface area contributed by atoms with Crippen molar-refractivity contribution in [1.29, 1.82) is 0 Å². The van der Waals surface area contributed by atoms with Gasteiger partial charge in [0.1, 0.15) is 10.7 Å². The lowest BCUT2D eigenvalue weighted by Gasteiger charge is -2.18. The molecule has 0 amide bonds. The highest BCUT2D eigenvalue weighted by atomic mass is 32.2. The Hall–Kier alpha value is -2.20. The SMILES string of the molecule is CC(C)(C)c1ccc(N=CC2=C(O)c3ccccc3S2=O)cc1. The first-order valence-corrected chi connectivity index (χ1v) is 8.62. The Morgan fingerprint density at radius 2 is 1.70 bits per heavy atom. The van der Waals surface area contributed by atoms with E-state index in [1.54, 1.807) is 12.1 Å². The number of nitrogens with zero attached hydrogens (tertiary/aromatic N) is 1. The maximum atomic E-state index is 12.4. The van der Waals surface area contributed by atoms with Crippen LogP contribution < -0.4 is 0 Å². The van der Waals surface area contributed by atoms with Crippen molar-refractivity contribution in [3.05, 3.63) is 64.6 Å². The highest BCUT2D eigenvalue weighted by Crippen LogP contribution is 2.34. The number of allylic oxidation sites excluding steroid dienone is 1. The van der Waals surface area contributed by atoms with Gasteiger partial charge in [0.25, 0.3) is 0 Å². The van der Waals surface area contributed by atoms with Crippen LogP contribution in [0.5, 0.6) is 0 Å². The predicted octanol–water partition coefficient (Wildman–Crippen LogP) is 4.73. The van der Waals surface area contributed by atoms with Crippen LogP contribution >= 0.6 is 0 Å². The zero-order valence-electron chi connectivity index (χ0n) is 13.4. The van der Waals surface area contributed by atoms with Gasteiger partial charge in [0.05, 0.1) is 21.4 Å². The van der Waals surface area contributed by atoms with Crippen LogP contribution in [0.15, 0.2) is 63.3 Å². The second-order valence-electron chi connectivity index (χ2n) is 6.53. The van der Waals surface area contributed by atoms with Crippen molar-refractivity contribution in [2.45, 2.75) is 31.1 Å². The van der Waals surface area contributed by atoms with Crippen molar-refractivity contribution in [3.8, 4) is 0 Å². The van der Waals surface area contributed by atoms with Gasteiger partial charge in [-0.05, 0) is 35.2 Å². The average molecular weight is 325 g/mol. The Morgan fingerprint density at radius 3 is 2.30 bits per heavy atom. The molecule has 3 nitrogen and oxygen atoms in total. The highest BCUT2D eigenvalue weighted by Gasteiger charge is 2.26. The minimum absolute atomic E-state index is 0.0500. The Labute approximate surface area is 138 Å². The molecule has 1 aliphatic rings. The van der Waals surface area contributed by atoms with Gasteiger partial charge in [-0.1, -0.05) is 45.0 Å². The molecule has 118 valence electrons. The number of benzene rings is 2. The molecule has 0 bridgehead atoms. The fraction of sp³-hybridized carbons (Fsp3) is 0.211. The van der Waals surface area contributed by atoms with Crippen molar-refractivity contribution >= 4 is 28.5 Å². The molecule has 0 aromatic heterocycles. The molecule has 3 rings (SSSR count). The van der Waals surface area contributed by atoms with Gasteiger partial charge in [0.15, 0.2) is 0 Å². The molecule has 2 aromatic carbocycles. The fourth-order valence-corrected chi connectivity index (χ4v) is 3.69. The van der Waals surface area contributed by atoms with Gasteiger partial charge in [0, 0.05) is 11.8 Å². The summed E-state index contributed by atoms with van der Waals surface area (Å²) in [5, 5.41) is 10.2. The quantitative estimate of drug-likeness (QED) is 0.811. The zero-order valence-corrected chi connectivity index (χ0v) is 14.2. The van der Waals surface area contributed by atoms with Gasteiger partial charge in [-0.2, -0.15) is 0 Å². The molecule has 0 saturated heterocycles. The van der Waals surface area contributed by atoms with E-state index in [0.29, 0.717) is 15.4 Å². The lowest BCUT2D eigenvalue weighted by atomic mass is 9.87. The van der Waals surface area contributed by atoms with Crippen molar-refractivity contribution in [1.82, 2.24) is 0 Å². The van der Waals surface area contributed by atoms with Gasteiger partial charge < -0.3 is 5.11 Å². The second kappa shape index (κ2) is 5.78. The van der Waals surface area contributed by atoms with E-state index >= 15 is 0 Å². The maximum absolute atomic E-state index is 12.4. The standard InChI is InChI=1S/C19H19NO2S/c1-19(2,3)13-8-10-14(11-9-13)20-12-17-18(21)15-6-4-5-7-16(15)23(17)22/h4-12,21H,1-3H3. The molecule has 2 aromatic rings. The third-order valence-corrected chi connectivity index (χ3v) is 5.29. The van der Waals surface area contributed by atoms with Gasteiger partial charge in [0.2, 0.25) is 0 Å². The lowest BCUT2D eigenvalue weighted by Crippen LogP contribution is -2.10. The predicted molar refractivity (Wildman–Crippen MR) is 95.7 cm³/mol. The van der Waals surface area contributed by atoms with Gasteiger partial charge in [-0.25, -0.2) is 4.21 Å². The zero-order chi connectivity index (χ0) is 16.6. The number of fused-ring (bicyclic) bond motifs is 1. The van der Waals surface area contributed by atoms with Gasteiger partial charge in [-0.15, -0.1) is 0 Å². The lowest BCUT2D eigenvalue weighted by molar-refractivity contribution is 0.511. The minimum Gasteiger partial charge on any atom is -0.506 e. The van der Waals surface area contributed by atoms with Crippen LogP contribution in [-0.4, -0.2) is 15.5 Å². The van der Waals surface area contributed by atoms with E-state index in [0.717, 1.165) is 5.69 Å². The normalized spacial score (nSPS) is 17.8. The van der Waals surface area contributed by atoms with Crippen LogP contribution in [0.1, 0.15) is 31.9 Å². The Balaban J connectivity index is 1.87. The molecule has 0 saturated carbocycles. The van der Waals surface area contributed by atoms with E-state index in [9.17, 15) is 9.32 Å². The molecular formula is C19H19NO2S. The van der Waals surface area contributed by atoms with Gasteiger partial charge in [-0.3, -0.25) is 4.99 Å². The monoisotopic (exact) mass is 325 g/mol. The summed E-state index contributed by atoms with van der Waals surface area (Å²) in [5.41, 5.74) is 2.72. The van der Waals surface area contributed by atoms with E-state index in [1.165, 1.54) is 11.8 Å². The molecule has 1 unspecified atom stereocenters. The number of aliphatic hydroxyl groups is 1. The molecule has 0 spiro atoms. The molecule has 1 atom stereocenters. The summed E-state index contributed by atoms with van der Waals surface area (Å²) in [5.74, 6) is 0.0500. The molecule has 0 fully saturated rings. The molecule has 23 heavy (non-hydrogen) atoms. The number of aliphatic imine (C=N–C) groups is 1. The van der Waals surface area contributed by atoms with Crippen LogP contribution in [0, 0.1) is 0 Å². The van der Waals surface area contributed by atoms with Crippen molar-refractivity contribution in [3.63, 3.8) is 0 Å². The topological polar surface area (TPSA) is 49.7 Å². The van der Waals surface area contributed by atoms with Crippen LogP contribution in [-0.2, 0) is 16.2 Å². The first-order valence-electron chi connectivity index (χ1n) is 7.47. The maximum Gasteiger partial charge on any atom is 0.142 e. The first-order chi connectivity index (χ1) is 10.9. The van der Waals surface area contributed by atoms with E-state index < -0.39 is 10.8 Å². The summed E-state index contributed by atoms with van der Waals surface area (Å²) >= 11 is 0. The molecule has 1 heterocycles. The van der Waals surface area contributed by atoms with Crippen molar-refractivity contribution < 1.29 is 9.32 Å². The number of hydrogen-bond acceptors (Lipinski definition) is 3. The Morgan fingerprint density at radius 1 is 1.04 bits per heavy atom. The summed E-state index contributed by atoms with van der Waals surface area (Å²) in [6.45, 7) is 6.48. The Bertz CT molecular complexity index is 827. The highest BCUT2D eigenvalue weighted by molar-refractivity contribution is 7.90. The third kappa shape index (κ3) is 2.99. The second-order valence-corrected chi connectivity index (χ2v) is 7.95. The van der Waals surface area contributed by atoms with E-state index in [2.05, 4.69) is 25.8 Å². The summed E-state index contributed by atoms with van der Waals surface area (Å²) in [7, 11) is -1.38. The molecule has 4 heteroatoms. The largest absolute Gasteiger partial charge is 0.506 e. The third-order valence-electron chi connectivity index (χ3n) is 3.84. The number of hydrogen-bond donors (Lipinski definition) is 1. The van der Waals surface area contributed by atoms with Crippen LogP contribution in [0.3, 0.4) is 0 Å². The van der Waals surface area contributed by atoms with E-state index in [1.807, 2.05) is 36.4 Å². The van der Waals surface area contributed by atoms with E-state index in [4.69, 9.17) is 0 Å². The molecule has 0 radical (unpaired) electrons. The van der Waals surface area contributed by atoms with Crippen LogP contribution in [0.25, 0.3) is 5.76 Å². The summed E-state index contributed by atoms with van der Waals surface area (Å²) in [6, 6.07) is 15.1. The fourth-order valence-electron chi connectivity index (χ4n) is 2.45. The van der Waals surface area contributed by atoms with Crippen LogP contribution in [0.2, 0.25) is 0 Å². The van der Waals surface area contributed by atoms with Crippen molar-refractivity contribution in [2.75, 3.05) is 0 Å². The number of aliphatic hydroxyl groups excluding tert-OH is 1. The van der Waals surface area contributed by atoms with E-state index in [-0.39, 0.29) is 11.2 Å². The average Bonchev–Trinajstić information content (AvgIpc) is 2.77. The van der Waals surface area contributed by atoms with Crippen molar-refractivity contribution in [2.24, 2.45) is 4.99 Å². The van der Waals surface area contributed by atoms with Crippen LogP contribution in [0.4, 0.5) is 5.69 Å². The molecular weight excluding hydrogens is 306 g/mol. The Kier molecular flexibility index (Phi) is 3.94. The smallest absolute Gasteiger partial charge is 0.142 e. The summed E-state index contributed by atoms with van der Waals surface area (Å²) in [6.07, 6.45) is 1.50. The number of rotatable bonds is 2. The summed E-state index contributed by atoms with van der Waals surface area (Å²) in [4.78, 5) is 5.35.